The number of thiazole rings is 1. The van der Waals surface area contributed by atoms with Crippen LogP contribution < -0.4 is 5.32 Å². The Bertz CT molecular complexity index is 938. The number of nitrogens with one attached hydrogen (secondary N) is 1. The molecule has 1 aromatic heterocycles. The van der Waals surface area contributed by atoms with Crippen molar-refractivity contribution in [1.29, 1.82) is 0 Å². The van der Waals surface area contributed by atoms with Gasteiger partial charge in [0.2, 0.25) is 0 Å². The zero-order valence-corrected chi connectivity index (χ0v) is 14.7. The molecule has 0 saturated carbocycles. The van der Waals surface area contributed by atoms with Gasteiger partial charge in [-0.3, -0.25) is 5.32 Å². The fourth-order valence-electron chi connectivity index (χ4n) is 2.35. The number of carboxylic acids is 1. The highest BCUT2D eigenvalue weighted by atomic mass is 32.1. The second kappa shape index (κ2) is 7.79. The molecule has 0 spiro atoms. The van der Waals surface area contributed by atoms with Crippen LogP contribution >= 0.6 is 11.3 Å². The highest BCUT2D eigenvalue weighted by molar-refractivity contribution is 7.19. The predicted molar refractivity (Wildman–Crippen MR) is 99.5 cm³/mol. The van der Waals surface area contributed by atoms with Gasteiger partial charge in [-0.2, -0.15) is 0 Å². The lowest BCUT2D eigenvalue weighted by Gasteiger charge is -2.04. The smallest absolute Gasteiger partial charge is 0.413 e. The van der Waals surface area contributed by atoms with Gasteiger partial charge in [-0.1, -0.05) is 71.5 Å². The minimum atomic E-state index is -1.15. The van der Waals surface area contributed by atoms with Crippen LogP contribution in [0.2, 0.25) is 0 Å². The topological polar surface area (TPSA) is 88.5 Å². The zero-order chi connectivity index (χ0) is 18.5. The molecule has 0 radical (unpaired) electrons. The van der Waals surface area contributed by atoms with Gasteiger partial charge in [0.25, 0.3) is 0 Å². The number of nitrogens with zero attached hydrogens (tertiary/aromatic N) is 1. The van der Waals surface area contributed by atoms with Crippen LogP contribution in [0.3, 0.4) is 0 Å². The number of ether oxygens (including phenoxy) is 1. The number of hydrogen-bond donors (Lipinski definition) is 2. The molecule has 0 aliphatic heterocycles. The van der Waals surface area contributed by atoms with Crippen LogP contribution in [0.25, 0.3) is 10.4 Å². The van der Waals surface area contributed by atoms with Crippen molar-refractivity contribution >= 4 is 28.5 Å². The number of rotatable bonds is 5. The van der Waals surface area contributed by atoms with Gasteiger partial charge in [-0.05, 0) is 18.1 Å². The van der Waals surface area contributed by atoms with E-state index in [0.29, 0.717) is 4.88 Å². The van der Waals surface area contributed by atoms with Gasteiger partial charge in [0.1, 0.15) is 6.61 Å². The maximum atomic E-state index is 12.0. The van der Waals surface area contributed by atoms with Crippen molar-refractivity contribution in [2.45, 2.75) is 13.5 Å². The van der Waals surface area contributed by atoms with E-state index in [4.69, 9.17) is 4.74 Å². The van der Waals surface area contributed by atoms with Crippen molar-refractivity contribution < 1.29 is 19.4 Å². The summed E-state index contributed by atoms with van der Waals surface area (Å²) in [7, 11) is 0. The Labute approximate surface area is 154 Å². The number of amides is 1. The SMILES string of the molecule is Cc1cccc(-c2sc(NC(=O)OCc3ccccc3)nc2C(=O)O)c1. The molecule has 0 fully saturated rings. The van der Waals surface area contributed by atoms with E-state index < -0.39 is 12.1 Å². The molecule has 3 aromatic rings. The maximum absolute atomic E-state index is 12.0. The third-order valence-electron chi connectivity index (χ3n) is 3.53. The second-order valence-corrected chi connectivity index (χ2v) is 6.56. The molecule has 0 aliphatic carbocycles. The van der Waals surface area contributed by atoms with Crippen LogP contribution in [0.15, 0.2) is 54.6 Å². The van der Waals surface area contributed by atoms with Gasteiger partial charge in [0.15, 0.2) is 10.8 Å². The van der Waals surface area contributed by atoms with Crippen molar-refractivity contribution in [3.05, 3.63) is 71.4 Å². The molecule has 0 saturated heterocycles. The van der Waals surface area contributed by atoms with Gasteiger partial charge < -0.3 is 9.84 Å². The van der Waals surface area contributed by atoms with E-state index >= 15 is 0 Å². The number of benzene rings is 2. The Balaban J connectivity index is 1.75. The third-order valence-corrected chi connectivity index (χ3v) is 4.55. The Morgan fingerprint density at radius 3 is 2.62 bits per heavy atom. The average Bonchev–Trinajstić information content (AvgIpc) is 3.05. The summed E-state index contributed by atoms with van der Waals surface area (Å²) in [6, 6.07) is 16.7. The van der Waals surface area contributed by atoms with Gasteiger partial charge in [0, 0.05) is 0 Å². The Morgan fingerprint density at radius 1 is 1.15 bits per heavy atom. The zero-order valence-electron chi connectivity index (χ0n) is 13.9. The predicted octanol–water partition coefficient (Wildman–Crippen LogP) is 4.57. The van der Waals surface area contributed by atoms with E-state index in [9.17, 15) is 14.7 Å². The standard InChI is InChI=1S/C19H16N2O4S/c1-12-6-5-9-14(10-12)16-15(17(22)23)20-18(26-16)21-19(24)25-11-13-7-3-2-4-8-13/h2-10H,11H2,1H3,(H,22,23)(H,20,21,24). The fourth-order valence-corrected chi connectivity index (χ4v) is 3.29. The highest BCUT2D eigenvalue weighted by Gasteiger charge is 2.20. The second-order valence-electron chi connectivity index (χ2n) is 5.56. The number of carboxylic acid groups (broad SMARTS) is 1. The summed E-state index contributed by atoms with van der Waals surface area (Å²) in [5.41, 5.74) is 2.50. The van der Waals surface area contributed by atoms with E-state index in [2.05, 4.69) is 10.3 Å². The van der Waals surface area contributed by atoms with Crippen LogP contribution in [0.1, 0.15) is 21.6 Å². The quantitative estimate of drug-likeness (QED) is 0.689. The molecule has 0 unspecified atom stereocenters. The molecule has 0 aliphatic rings. The lowest BCUT2D eigenvalue weighted by Crippen LogP contribution is -2.13. The maximum Gasteiger partial charge on any atom is 0.413 e. The van der Waals surface area contributed by atoms with E-state index in [-0.39, 0.29) is 17.4 Å². The number of aromatic nitrogens is 1. The molecule has 0 atom stereocenters. The first kappa shape index (κ1) is 17.6. The third kappa shape index (κ3) is 4.25. The Morgan fingerprint density at radius 2 is 1.92 bits per heavy atom. The minimum absolute atomic E-state index is 0.0982. The summed E-state index contributed by atoms with van der Waals surface area (Å²) >= 11 is 1.10. The lowest BCUT2D eigenvalue weighted by atomic mass is 10.1. The van der Waals surface area contributed by atoms with Crippen molar-refractivity contribution in [3.8, 4) is 10.4 Å². The number of hydrogen-bond acceptors (Lipinski definition) is 5. The number of carbonyl (C=O) groups excluding carboxylic acids is 1. The van der Waals surface area contributed by atoms with Gasteiger partial charge in [-0.15, -0.1) is 0 Å². The normalized spacial score (nSPS) is 10.3. The highest BCUT2D eigenvalue weighted by Crippen LogP contribution is 2.33. The van der Waals surface area contributed by atoms with Gasteiger partial charge in [-0.25, -0.2) is 14.6 Å². The fraction of sp³-hybridized carbons (Fsp3) is 0.105. The number of carbonyl (C=O) groups is 2. The molecule has 0 bridgehead atoms. The van der Waals surface area contributed by atoms with Crippen molar-refractivity contribution in [3.63, 3.8) is 0 Å². The number of anilines is 1. The van der Waals surface area contributed by atoms with E-state index in [1.165, 1.54) is 0 Å². The first-order chi connectivity index (χ1) is 12.5. The van der Waals surface area contributed by atoms with Crippen LogP contribution in [-0.2, 0) is 11.3 Å². The molecule has 26 heavy (non-hydrogen) atoms. The summed E-state index contributed by atoms with van der Waals surface area (Å²) in [4.78, 5) is 27.9. The number of aromatic carboxylic acids is 1. The van der Waals surface area contributed by atoms with Crippen LogP contribution in [0.4, 0.5) is 9.93 Å². The van der Waals surface area contributed by atoms with Crippen molar-refractivity contribution in [1.82, 2.24) is 4.98 Å². The van der Waals surface area contributed by atoms with Crippen LogP contribution in [0.5, 0.6) is 0 Å². The van der Waals surface area contributed by atoms with Crippen LogP contribution in [-0.4, -0.2) is 22.2 Å². The first-order valence-electron chi connectivity index (χ1n) is 7.82. The summed E-state index contributed by atoms with van der Waals surface area (Å²) < 4.78 is 5.14. The lowest BCUT2D eigenvalue weighted by molar-refractivity contribution is 0.0692. The molecular formula is C19H16N2O4S. The van der Waals surface area contributed by atoms with Crippen LogP contribution in [0, 0.1) is 6.92 Å². The monoisotopic (exact) mass is 368 g/mol. The Kier molecular flexibility index (Phi) is 5.28. The molecule has 132 valence electrons. The summed E-state index contributed by atoms with van der Waals surface area (Å²) in [6.07, 6.45) is -0.685. The minimum Gasteiger partial charge on any atom is -0.476 e. The first-order valence-corrected chi connectivity index (χ1v) is 8.63. The molecular weight excluding hydrogens is 352 g/mol. The molecule has 7 heteroatoms. The van der Waals surface area contributed by atoms with Crippen molar-refractivity contribution in [2.75, 3.05) is 5.32 Å². The largest absolute Gasteiger partial charge is 0.476 e. The molecule has 1 amide bonds. The van der Waals surface area contributed by atoms with Gasteiger partial charge >= 0.3 is 12.1 Å². The van der Waals surface area contributed by atoms with E-state index in [1.807, 2.05) is 61.5 Å². The summed E-state index contributed by atoms with van der Waals surface area (Å²) in [6.45, 7) is 2.04. The summed E-state index contributed by atoms with van der Waals surface area (Å²) in [5.74, 6) is -1.15. The molecule has 2 N–H and O–H groups in total. The molecule has 1 heterocycles. The number of aryl methyl sites for hydroxylation is 1. The van der Waals surface area contributed by atoms with E-state index in [1.54, 1.807) is 0 Å². The summed E-state index contributed by atoms with van der Waals surface area (Å²) in [5, 5.41) is 12.1. The Hall–Kier alpha value is -3.19. The van der Waals surface area contributed by atoms with Gasteiger partial charge in [0.05, 0.1) is 4.88 Å². The molecule has 6 nitrogen and oxygen atoms in total. The van der Waals surface area contributed by atoms with Crippen molar-refractivity contribution in [2.24, 2.45) is 0 Å². The molecule has 2 aromatic carbocycles. The van der Waals surface area contributed by atoms with E-state index in [0.717, 1.165) is 28.0 Å². The molecule has 3 rings (SSSR count). The average molecular weight is 368 g/mol.